The number of thiazole rings is 1. The molecule has 1 aliphatic rings. The molecule has 1 aromatic carbocycles. The molecule has 2 aromatic rings. The third kappa shape index (κ3) is 3.97. The van der Waals surface area contributed by atoms with Crippen molar-refractivity contribution in [3.05, 3.63) is 34.2 Å². The van der Waals surface area contributed by atoms with Gasteiger partial charge >= 0.3 is 0 Å². The van der Waals surface area contributed by atoms with Crippen LogP contribution < -0.4 is 10.6 Å². The molecule has 0 bridgehead atoms. The molecule has 0 radical (unpaired) electrons. The van der Waals surface area contributed by atoms with E-state index in [4.69, 9.17) is 0 Å². The third-order valence-corrected chi connectivity index (χ3v) is 5.24. The van der Waals surface area contributed by atoms with Crippen LogP contribution in [0.25, 0.3) is 11.3 Å². The van der Waals surface area contributed by atoms with Crippen molar-refractivity contribution < 1.29 is 4.79 Å². The number of amides is 1. The minimum absolute atomic E-state index is 0. The van der Waals surface area contributed by atoms with E-state index >= 15 is 0 Å². The lowest BCUT2D eigenvalue weighted by Crippen LogP contribution is -2.28. The molecule has 1 unspecified atom stereocenters. The summed E-state index contributed by atoms with van der Waals surface area (Å²) in [4.78, 5) is 17.9. The molecule has 0 saturated heterocycles. The van der Waals surface area contributed by atoms with E-state index in [9.17, 15) is 4.79 Å². The molecule has 24 heavy (non-hydrogen) atoms. The molecular formula is C18H24ClN3OS. The minimum atomic E-state index is -0.0762. The number of hydrogen-bond acceptors (Lipinski definition) is 4. The maximum atomic E-state index is 12.1. The van der Waals surface area contributed by atoms with Crippen molar-refractivity contribution >= 4 is 34.8 Å². The number of fused-ring (bicyclic) bond motifs is 1. The summed E-state index contributed by atoms with van der Waals surface area (Å²) < 4.78 is 0. The van der Waals surface area contributed by atoms with Crippen molar-refractivity contribution in [3.8, 4) is 11.3 Å². The molecule has 1 aromatic heterocycles. The Kier molecular flexibility index (Phi) is 6.38. The lowest BCUT2D eigenvalue weighted by Gasteiger charge is -2.09. The first-order valence-corrected chi connectivity index (χ1v) is 8.95. The lowest BCUT2D eigenvalue weighted by atomic mass is 10.0. The van der Waals surface area contributed by atoms with Gasteiger partial charge in [0.05, 0.1) is 5.69 Å². The van der Waals surface area contributed by atoms with Crippen LogP contribution in [0.2, 0.25) is 0 Å². The van der Waals surface area contributed by atoms with Gasteiger partial charge in [-0.25, -0.2) is 4.98 Å². The summed E-state index contributed by atoms with van der Waals surface area (Å²) in [6.45, 7) is 4.63. The predicted octanol–water partition coefficient (Wildman–Crippen LogP) is 3.82. The van der Waals surface area contributed by atoms with Crippen LogP contribution in [-0.2, 0) is 17.6 Å². The van der Waals surface area contributed by atoms with Crippen molar-refractivity contribution in [3.63, 3.8) is 0 Å². The van der Waals surface area contributed by atoms with Gasteiger partial charge in [-0.3, -0.25) is 4.79 Å². The van der Waals surface area contributed by atoms with Crippen LogP contribution in [0, 0.1) is 12.8 Å². The van der Waals surface area contributed by atoms with Gasteiger partial charge in [-0.2, -0.15) is 0 Å². The van der Waals surface area contributed by atoms with E-state index in [1.165, 1.54) is 24.0 Å². The van der Waals surface area contributed by atoms with Gasteiger partial charge in [0.25, 0.3) is 0 Å². The number of halogens is 1. The number of aryl methyl sites for hydroxylation is 3. The fourth-order valence-corrected chi connectivity index (χ4v) is 3.90. The SMILES string of the molecule is CNCC(C)C(=O)Nc1nc(-c2ccc3c(c2)CCC3)c(C)s1.Cl. The Morgan fingerprint density at radius 1 is 1.33 bits per heavy atom. The average molecular weight is 366 g/mol. The predicted molar refractivity (Wildman–Crippen MR) is 103 cm³/mol. The van der Waals surface area contributed by atoms with Crippen molar-refractivity contribution in [1.29, 1.82) is 0 Å². The zero-order valence-corrected chi connectivity index (χ0v) is 15.9. The number of aromatic nitrogens is 1. The molecule has 1 atom stereocenters. The topological polar surface area (TPSA) is 54.0 Å². The average Bonchev–Trinajstić information content (AvgIpc) is 3.13. The number of anilines is 1. The Hall–Kier alpha value is -1.43. The number of nitrogens with zero attached hydrogens (tertiary/aromatic N) is 1. The van der Waals surface area contributed by atoms with Gasteiger partial charge in [-0.05, 0) is 50.4 Å². The first-order chi connectivity index (χ1) is 11.1. The fourth-order valence-electron chi connectivity index (χ4n) is 3.06. The molecule has 0 aliphatic heterocycles. The van der Waals surface area contributed by atoms with Gasteiger partial charge in [0, 0.05) is 22.9 Å². The maximum Gasteiger partial charge on any atom is 0.230 e. The van der Waals surface area contributed by atoms with Gasteiger partial charge < -0.3 is 10.6 Å². The zero-order chi connectivity index (χ0) is 16.4. The van der Waals surface area contributed by atoms with Crippen LogP contribution in [0.3, 0.4) is 0 Å². The smallest absolute Gasteiger partial charge is 0.230 e. The highest BCUT2D eigenvalue weighted by Gasteiger charge is 2.17. The molecule has 3 rings (SSSR count). The Morgan fingerprint density at radius 3 is 2.83 bits per heavy atom. The van der Waals surface area contributed by atoms with Gasteiger partial charge in [0.2, 0.25) is 5.91 Å². The summed E-state index contributed by atoms with van der Waals surface area (Å²) in [6.07, 6.45) is 3.60. The third-order valence-electron chi connectivity index (χ3n) is 4.36. The number of benzene rings is 1. The second-order valence-corrected chi connectivity index (χ2v) is 7.41. The number of nitrogens with one attached hydrogen (secondary N) is 2. The molecule has 130 valence electrons. The standard InChI is InChI=1S/C18H23N3OS.ClH/c1-11(10-19-3)17(22)21-18-20-16(12(2)23-18)15-8-7-13-5-4-6-14(13)9-15;/h7-9,11,19H,4-6,10H2,1-3H3,(H,20,21,22);1H. The molecule has 0 fully saturated rings. The van der Waals surface area contributed by atoms with E-state index in [-0.39, 0.29) is 24.2 Å². The molecule has 4 nitrogen and oxygen atoms in total. The summed E-state index contributed by atoms with van der Waals surface area (Å²) in [6, 6.07) is 6.64. The highest BCUT2D eigenvalue weighted by molar-refractivity contribution is 7.16. The fraction of sp³-hybridized carbons (Fsp3) is 0.444. The first kappa shape index (κ1) is 18.9. The van der Waals surface area contributed by atoms with E-state index in [1.54, 1.807) is 11.3 Å². The molecule has 1 aliphatic carbocycles. The molecule has 0 spiro atoms. The first-order valence-electron chi connectivity index (χ1n) is 8.13. The van der Waals surface area contributed by atoms with Crippen LogP contribution in [0.5, 0.6) is 0 Å². The monoisotopic (exact) mass is 365 g/mol. The molecular weight excluding hydrogens is 342 g/mol. The molecule has 2 N–H and O–H groups in total. The van der Waals surface area contributed by atoms with Crippen LogP contribution in [-0.4, -0.2) is 24.5 Å². The lowest BCUT2D eigenvalue weighted by molar-refractivity contribution is -0.119. The highest BCUT2D eigenvalue weighted by atomic mass is 35.5. The summed E-state index contributed by atoms with van der Waals surface area (Å²) in [5.74, 6) is -0.0683. The van der Waals surface area contributed by atoms with Gasteiger partial charge in [0.1, 0.15) is 0 Å². The Bertz CT molecular complexity index is 729. The Labute approximate surface area is 153 Å². The number of carbonyl (C=O) groups is 1. The summed E-state index contributed by atoms with van der Waals surface area (Å²) >= 11 is 1.54. The highest BCUT2D eigenvalue weighted by Crippen LogP contribution is 2.33. The quantitative estimate of drug-likeness (QED) is 0.846. The summed E-state index contributed by atoms with van der Waals surface area (Å²) in [5, 5.41) is 6.65. The van der Waals surface area contributed by atoms with Crippen molar-refractivity contribution in [2.75, 3.05) is 18.9 Å². The molecule has 1 amide bonds. The van der Waals surface area contributed by atoms with Crippen LogP contribution >= 0.6 is 23.7 Å². The summed E-state index contributed by atoms with van der Waals surface area (Å²) in [7, 11) is 1.85. The molecule has 1 heterocycles. The molecule has 6 heteroatoms. The van der Waals surface area contributed by atoms with E-state index in [1.807, 2.05) is 14.0 Å². The van der Waals surface area contributed by atoms with Gasteiger partial charge in [-0.15, -0.1) is 23.7 Å². The van der Waals surface area contributed by atoms with E-state index < -0.39 is 0 Å². The van der Waals surface area contributed by atoms with Crippen molar-refractivity contribution in [2.24, 2.45) is 5.92 Å². The van der Waals surface area contributed by atoms with Crippen LogP contribution in [0.4, 0.5) is 5.13 Å². The number of carbonyl (C=O) groups excluding carboxylic acids is 1. The Morgan fingerprint density at radius 2 is 2.08 bits per heavy atom. The number of hydrogen-bond donors (Lipinski definition) is 2. The van der Waals surface area contributed by atoms with E-state index in [0.29, 0.717) is 11.7 Å². The Balaban J connectivity index is 0.00000208. The van der Waals surface area contributed by atoms with Crippen LogP contribution in [0.1, 0.15) is 29.3 Å². The van der Waals surface area contributed by atoms with Crippen molar-refractivity contribution in [1.82, 2.24) is 10.3 Å². The van der Waals surface area contributed by atoms with Crippen molar-refractivity contribution in [2.45, 2.75) is 33.1 Å². The van der Waals surface area contributed by atoms with E-state index in [0.717, 1.165) is 22.6 Å². The van der Waals surface area contributed by atoms with Gasteiger partial charge in [-0.1, -0.05) is 19.1 Å². The number of rotatable bonds is 5. The minimum Gasteiger partial charge on any atom is -0.319 e. The summed E-state index contributed by atoms with van der Waals surface area (Å²) in [5.41, 5.74) is 5.06. The maximum absolute atomic E-state index is 12.1. The zero-order valence-electron chi connectivity index (χ0n) is 14.3. The normalized spacial score (nSPS) is 14.0. The molecule has 0 saturated carbocycles. The van der Waals surface area contributed by atoms with E-state index in [2.05, 4.69) is 40.7 Å². The van der Waals surface area contributed by atoms with Crippen LogP contribution in [0.15, 0.2) is 18.2 Å². The largest absolute Gasteiger partial charge is 0.319 e. The second-order valence-electron chi connectivity index (χ2n) is 6.21. The second kappa shape index (κ2) is 8.10. The van der Waals surface area contributed by atoms with Gasteiger partial charge in [0.15, 0.2) is 5.13 Å².